The molecule has 150 valence electrons. The molecule has 1 N–H and O–H groups in total. The highest BCUT2D eigenvalue weighted by atomic mass is 32.1. The highest BCUT2D eigenvalue weighted by Crippen LogP contribution is 2.29. The molecular formula is C24H16N4O2S. The van der Waals surface area contributed by atoms with E-state index in [1.807, 2.05) is 47.8 Å². The minimum Gasteiger partial charge on any atom is -0.355 e. The molecule has 0 unspecified atom stereocenters. The van der Waals surface area contributed by atoms with Gasteiger partial charge in [0.15, 0.2) is 0 Å². The summed E-state index contributed by atoms with van der Waals surface area (Å²) in [5.41, 5.74) is 4.53. The molecule has 4 aromatic rings. The summed E-state index contributed by atoms with van der Waals surface area (Å²) in [5, 5.41) is 26.0. The van der Waals surface area contributed by atoms with Crippen molar-refractivity contribution in [1.82, 2.24) is 4.98 Å². The molecule has 0 spiro atoms. The van der Waals surface area contributed by atoms with Crippen molar-refractivity contribution in [1.29, 1.82) is 5.26 Å². The van der Waals surface area contributed by atoms with Crippen molar-refractivity contribution in [2.75, 3.05) is 5.32 Å². The fourth-order valence-electron chi connectivity index (χ4n) is 3.04. The Kier molecular flexibility index (Phi) is 5.83. The van der Waals surface area contributed by atoms with Crippen molar-refractivity contribution in [2.45, 2.75) is 0 Å². The Morgan fingerprint density at radius 1 is 0.968 bits per heavy atom. The van der Waals surface area contributed by atoms with Crippen LogP contribution in [0.2, 0.25) is 0 Å². The number of nitrogens with zero attached hydrogens (tertiary/aromatic N) is 3. The van der Waals surface area contributed by atoms with Gasteiger partial charge in [0.2, 0.25) is 0 Å². The van der Waals surface area contributed by atoms with Crippen LogP contribution in [-0.2, 0) is 0 Å². The molecule has 0 aliphatic heterocycles. The zero-order valence-electron chi connectivity index (χ0n) is 16.2. The van der Waals surface area contributed by atoms with E-state index in [-0.39, 0.29) is 5.69 Å². The van der Waals surface area contributed by atoms with Crippen molar-refractivity contribution in [3.8, 4) is 28.5 Å². The van der Waals surface area contributed by atoms with Gasteiger partial charge in [-0.1, -0.05) is 66.7 Å². The fraction of sp³-hybridized carbons (Fsp3) is 0. The number of benzene rings is 3. The molecule has 0 aliphatic carbocycles. The van der Waals surface area contributed by atoms with Gasteiger partial charge in [-0.15, -0.1) is 11.3 Å². The zero-order chi connectivity index (χ0) is 21.6. The van der Waals surface area contributed by atoms with Crippen molar-refractivity contribution < 1.29 is 4.92 Å². The van der Waals surface area contributed by atoms with E-state index in [9.17, 15) is 15.4 Å². The lowest BCUT2D eigenvalue weighted by atomic mass is 10.0. The van der Waals surface area contributed by atoms with E-state index in [0.29, 0.717) is 16.3 Å². The molecule has 4 rings (SSSR count). The van der Waals surface area contributed by atoms with E-state index in [4.69, 9.17) is 0 Å². The Labute approximate surface area is 182 Å². The number of para-hydroxylation sites is 2. The molecule has 0 fully saturated rings. The largest absolute Gasteiger partial charge is 0.355 e. The van der Waals surface area contributed by atoms with Crippen LogP contribution in [0.5, 0.6) is 0 Å². The quantitative estimate of drug-likeness (QED) is 0.221. The van der Waals surface area contributed by atoms with Crippen LogP contribution in [0.15, 0.2) is 90.4 Å². The van der Waals surface area contributed by atoms with Crippen LogP contribution < -0.4 is 5.32 Å². The van der Waals surface area contributed by atoms with Gasteiger partial charge in [-0.25, -0.2) is 4.98 Å². The Morgan fingerprint density at radius 3 is 2.32 bits per heavy atom. The molecule has 31 heavy (non-hydrogen) atoms. The van der Waals surface area contributed by atoms with Gasteiger partial charge in [0.1, 0.15) is 22.3 Å². The lowest BCUT2D eigenvalue weighted by molar-refractivity contribution is -0.383. The SMILES string of the molecule is N#CC(=CNc1ccccc1[N+](=O)[O-])c1nc(-c2ccc(-c3ccccc3)cc2)cs1. The smallest absolute Gasteiger partial charge is 0.292 e. The van der Waals surface area contributed by atoms with Crippen molar-refractivity contribution in [2.24, 2.45) is 0 Å². The van der Waals surface area contributed by atoms with Gasteiger partial charge >= 0.3 is 0 Å². The number of nitriles is 1. The Balaban J connectivity index is 1.55. The Morgan fingerprint density at radius 2 is 1.61 bits per heavy atom. The van der Waals surface area contributed by atoms with Gasteiger partial charge < -0.3 is 5.32 Å². The Hall–Kier alpha value is -4.28. The average Bonchev–Trinajstić information content (AvgIpc) is 3.30. The van der Waals surface area contributed by atoms with Crippen molar-refractivity contribution in [3.05, 3.63) is 106 Å². The van der Waals surface area contributed by atoms with Crippen LogP contribution in [0, 0.1) is 21.4 Å². The molecule has 7 heteroatoms. The third-order valence-electron chi connectivity index (χ3n) is 4.62. The predicted molar refractivity (Wildman–Crippen MR) is 123 cm³/mol. The number of hydrogen-bond acceptors (Lipinski definition) is 6. The molecule has 0 radical (unpaired) electrons. The van der Waals surface area contributed by atoms with E-state index >= 15 is 0 Å². The lowest BCUT2D eigenvalue weighted by Crippen LogP contribution is -1.96. The predicted octanol–water partition coefficient (Wildman–Crippen LogP) is 6.36. The zero-order valence-corrected chi connectivity index (χ0v) is 17.0. The van der Waals surface area contributed by atoms with Crippen LogP contribution in [-0.4, -0.2) is 9.91 Å². The number of hydrogen-bond donors (Lipinski definition) is 1. The van der Waals surface area contributed by atoms with Gasteiger partial charge in [0, 0.05) is 23.2 Å². The van der Waals surface area contributed by atoms with E-state index in [2.05, 4.69) is 28.5 Å². The minimum absolute atomic E-state index is 0.0608. The summed E-state index contributed by atoms with van der Waals surface area (Å²) < 4.78 is 0. The maximum Gasteiger partial charge on any atom is 0.292 e. The average molecular weight is 424 g/mol. The summed E-state index contributed by atoms with van der Waals surface area (Å²) in [5.74, 6) is 0. The topological polar surface area (TPSA) is 91.8 Å². The van der Waals surface area contributed by atoms with Crippen molar-refractivity contribution in [3.63, 3.8) is 0 Å². The number of rotatable bonds is 6. The number of allylic oxidation sites excluding steroid dienone is 1. The number of nitrogens with one attached hydrogen (secondary N) is 1. The highest BCUT2D eigenvalue weighted by Gasteiger charge is 2.13. The normalized spacial score (nSPS) is 11.0. The first kappa shape index (κ1) is 20.0. The standard InChI is InChI=1S/C24H16N4O2S/c25-14-20(15-26-21-8-4-5-9-23(21)28(29)30)24-27-22(16-31-24)19-12-10-18(11-13-19)17-6-2-1-3-7-17/h1-13,15-16,26H. The van der Waals surface area contributed by atoms with Gasteiger partial charge in [0.05, 0.1) is 10.6 Å². The second-order valence-electron chi connectivity index (χ2n) is 6.57. The van der Waals surface area contributed by atoms with Crippen LogP contribution in [0.4, 0.5) is 11.4 Å². The maximum absolute atomic E-state index is 11.2. The molecule has 0 saturated carbocycles. The summed E-state index contributed by atoms with van der Waals surface area (Å²) in [6, 6.07) is 26.6. The molecule has 1 heterocycles. The van der Waals surface area contributed by atoms with Crippen LogP contribution in [0.25, 0.3) is 28.0 Å². The summed E-state index contributed by atoms with van der Waals surface area (Å²) >= 11 is 1.35. The third kappa shape index (κ3) is 4.50. The van der Waals surface area contributed by atoms with E-state index < -0.39 is 4.92 Å². The molecule has 0 aliphatic rings. The molecule has 0 bridgehead atoms. The molecule has 0 atom stereocenters. The van der Waals surface area contributed by atoms with Gasteiger partial charge in [-0.05, 0) is 17.2 Å². The maximum atomic E-state index is 11.2. The summed E-state index contributed by atoms with van der Waals surface area (Å²) in [4.78, 5) is 15.3. The van der Waals surface area contributed by atoms with Gasteiger partial charge in [0.25, 0.3) is 5.69 Å². The van der Waals surface area contributed by atoms with Crippen LogP contribution in [0.3, 0.4) is 0 Å². The monoisotopic (exact) mass is 424 g/mol. The molecular weight excluding hydrogens is 408 g/mol. The minimum atomic E-state index is -0.469. The lowest BCUT2D eigenvalue weighted by Gasteiger charge is -2.03. The highest BCUT2D eigenvalue weighted by molar-refractivity contribution is 7.11. The number of thiazole rings is 1. The summed E-state index contributed by atoms with van der Waals surface area (Å²) in [6.07, 6.45) is 1.45. The molecule has 1 aromatic heterocycles. The first-order chi connectivity index (χ1) is 15.2. The van der Waals surface area contributed by atoms with Gasteiger partial charge in [-0.2, -0.15) is 5.26 Å². The molecule has 3 aromatic carbocycles. The number of nitro benzene ring substituents is 1. The first-order valence-electron chi connectivity index (χ1n) is 9.37. The molecule has 0 amide bonds. The molecule has 6 nitrogen and oxygen atoms in total. The summed E-state index contributed by atoms with van der Waals surface area (Å²) in [7, 11) is 0. The third-order valence-corrected chi connectivity index (χ3v) is 5.49. The number of nitro groups is 1. The van der Waals surface area contributed by atoms with Crippen LogP contribution >= 0.6 is 11.3 Å². The van der Waals surface area contributed by atoms with E-state index in [1.54, 1.807) is 18.2 Å². The van der Waals surface area contributed by atoms with E-state index in [0.717, 1.165) is 22.4 Å². The second kappa shape index (κ2) is 9.03. The molecule has 0 saturated heterocycles. The van der Waals surface area contributed by atoms with Gasteiger partial charge in [-0.3, -0.25) is 10.1 Å². The first-order valence-corrected chi connectivity index (χ1v) is 10.3. The number of anilines is 1. The van der Waals surface area contributed by atoms with E-state index in [1.165, 1.54) is 23.6 Å². The van der Waals surface area contributed by atoms with Crippen LogP contribution in [0.1, 0.15) is 5.01 Å². The second-order valence-corrected chi connectivity index (χ2v) is 7.43. The van der Waals surface area contributed by atoms with Crippen molar-refractivity contribution >= 4 is 28.3 Å². The fourth-order valence-corrected chi connectivity index (χ4v) is 3.84. The number of aromatic nitrogens is 1. The summed E-state index contributed by atoms with van der Waals surface area (Å²) in [6.45, 7) is 0. The Bertz CT molecular complexity index is 1290.